The number of aliphatic hydroxyl groups excluding tert-OH is 2. The predicted octanol–water partition coefficient (Wildman–Crippen LogP) is 16.2. The highest BCUT2D eigenvalue weighted by atomic mass is 16.7. The topological polar surface area (TPSA) is 175 Å². The van der Waals surface area contributed by atoms with Gasteiger partial charge >= 0.3 is 23.9 Å². The minimum atomic E-state index is -1.95. The Bertz CT molecular complexity index is 2190. The quantitative estimate of drug-likeness (QED) is 0.0228. The lowest BCUT2D eigenvalue weighted by atomic mass is 9.98. The average molecular weight is 1150 g/mol. The van der Waals surface area contributed by atoms with Crippen LogP contribution in [0.4, 0.5) is 0 Å². The average Bonchev–Trinajstić information content (AvgIpc) is 3.58. The van der Waals surface area contributed by atoms with Crippen molar-refractivity contribution in [1.29, 1.82) is 0 Å². The maximum atomic E-state index is 13.1. The van der Waals surface area contributed by atoms with Crippen molar-refractivity contribution in [2.45, 2.75) is 212 Å². The molecule has 0 aromatic carbocycles. The van der Waals surface area contributed by atoms with Crippen molar-refractivity contribution in [3.8, 4) is 0 Å². The Labute approximate surface area is 499 Å². The highest BCUT2D eigenvalue weighted by Crippen LogP contribution is 2.26. The minimum absolute atomic E-state index is 0.00371. The molecule has 0 amide bonds. The standard InChI is InChI=1S/C71H102O12/c1-4-7-10-13-16-19-22-25-28-30-32-34-37-39-42-45-48-51-54-57-63(72)79-60-62(81-64(73)58-55-52-49-46-43-41-38-35-33-31-29-26-23-20-17-14-11-8-5-2)61-80-71-69(67(76)66(75)68(83-71)70(77)78)82-65(74)59-56-53-50-47-44-40-36-27-24-21-18-15-12-9-6-3/h7-12,16-21,25-29,32-36,39,41-44,47-49,51-52,62,66-69,71,75-76H,4-6,13-15,22-24,30-31,37-38,40,45-46,50,53-61H2,1-3H3,(H,77,78)/b10-7-,11-8-,12-9-,19-16-,20-17-,21-18-,28-25-,29-26-,34-32-,35-33-,36-27-,42-39-,43-41-,47-44-,51-48-,52-49-. The van der Waals surface area contributed by atoms with Gasteiger partial charge in [0.1, 0.15) is 18.8 Å². The number of carbonyl (C=O) groups is 4. The first kappa shape index (κ1) is 74.6. The summed E-state index contributed by atoms with van der Waals surface area (Å²) in [5.74, 6) is -3.45. The number of unbranched alkanes of at least 4 members (excludes halogenated alkanes) is 2. The fourth-order valence-corrected chi connectivity index (χ4v) is 7.64. The van der Waals surface area contributed by atoms with E-state index < -0.39 is 73.9 Å². The number of rotatable bonds is 48. The summed E-state index contributed by atoms with van der Waals surface area (Å²) in [5.41, 5.74) is 0. The van der Waals surface area contributed by atoms with E-state index in [0.717, 1.165) is 96.3 Å². The Morgan fingerprint density at radius 2 is 0.735 bits per heavy atom. The zero-order chi connectivity index (χ0) is 60.3. The Morgan fingerprint density at radius 1 is 0.398 bits per heavy atom. The fraction of sp³-hybridized carbons (Fsp3) is 0.493. The molecule has 12 nitrogen and oxygen atoms in total. The number of hydrogen-bond acceptors (Lipinski definition) is 11. The van der Waals surface area contributed by atoms with Gasteiger partial charge in [-0.3, -0.25) is 14.4 Å². The van der Waals surface area contributed by atoms with Crippen LogP contribution in [0.1, 0.15) is 175 Å². The van der Waals surface area contributed by atoms with Gasteiger partial charge in [0.25, 0.3) is 0 Å². The number of allylic oxidation sites excluding steroid dienone is 32. The molecule has 1 fully saturated rings. The first-order valence-corrected chi connectivity index (χ1v) is 30.4. The van der Waals surface area contributed by atoms with Gasteiger partial charge in [-0.1, -0.05) is 215 Å². The number of aliphatic carboxylic acids is 1. The van der Waals surface area contributed by atoms with Crippen LogP contribution in [0.15, 0.2) is 194 Å². The van der Waals surface area contributed by atoms with Crippen molar-refractivity contribution in [2.24, 2.45) is 0 Å². The molecule has 1 rings (SSSR count). The van der Waals surface area contributed by atoms with E-state index in [0.29, 0.717) is 38.5 Å². The van der Waals surface area contributed by atoms with Gasteiger partial charge < -0.3 is 39.0 Å². The molecule has 0 radical (unpaired) electrons. The molecule has 0 spiro atoms. The van der Waals surface area contributed by atoms with Crippen LogP contribution in [0.3, 0.4) is 0 Å². The van der Waals surface area contributed by atoms with Crippen molar-refractivity contribution < 1.29 is 58.2 Å². The molecular formula is C71H102O12. The van der Waals surface area contributed by atoms with E-state index in [1.54, 1.807) is 0 Å². The molecule has 12 heteroatoms. The zero-order valence-electron chi connectivity index (χ0n) is 50.3. The zero-order valence-corrected chi connectivity index (χ0v) is 50.3. The molecule has 458 valence electrons. The number of ether oxygens (including phenoxy) is 5. The first-order valence-electron chi connectivity index (χ1n) is 30.4. The molecule has 1 aliphatic heterocycles. The van der Waals surface area contributed by atoms with Crippen LogP contribution >= 0.6 is 0 Å². The Morgan fingerprint density at radius 3 is 1.10 bits per heavy atom. The van der Waals surface area contributed by atoms with Crippen LogP contribution < -0.4 is 0 Å². The number of carbonyl (C=O) groups excluding carboxylic acids is 3. The molecular weight excluding hydrogens is 1040 g/mol. The van der Waals surface area contributed by atoms with Gasteiger partial charge in [-0.05, 0) is 135 Å². The number of hydrogen-bond donors (Lipinski definition) is 3. The van der Waals surface area contributed by atoms with Gasteiger partial charge in [0.15, 0.2) is 24.6 Å². The maximum Gasteiger partial charge on any atom is 0.335 e. The van der Waals surface area contributed by atoms with Crippen molar-refractivity contribution in [1.82, 2.24) is 0 Å². The maximum absolute atomic E-state index is 13.1. The lowest BCUT2D eigenvalue weighted by Crippen LogP contribution is -2.61. The third-order valence-corrected chi connectivity index (χ3v) is 12.2. The lowest BCUT2D eigenvalue weighted by molar-refractivity contribution is -0.301. The molecule has 0 aromatic heterocycles. The monoisotopic (exact) mass is 1150 g/mol. The summed E-state index contributed by atoms with van der Waals surface area (Å²) in [6, 6.07) is 0. The van der Waals surface area contributed by atoms with Gasteiger partial charge in [-0.25, -0.2) is 4.79 Å². The SMILES string of the molecule is CC/C=C\C/C=C\C/C=C\C/C=C\C/C=C\C/C=C\CCC(=O)OCC(COC1OC(C(=O)O)C(O)C(O)C1OC(=O)CCCC/C=C\C/C=C\C/C=C\C/C=C\CC)OC(=O)CC/C=C\C/C=C\C/C=C\C/C=C\C/C=C\C/C=C\CC. The second-order valence-electron chi connectivity index (χ2n) is 19.5. The van der Waals surface area contributed by atoms with Gasteiger partial charge in [-0.2, -0.15) is 0 Å². The fourth-order valence-electron chi connectivity index (χ4n) is 7.64. The molecule has 0 bridgehead atoms. The molecule has 3 N–H and O–H groups in total. The minimum Gasteiger partial charge on any atom is -0.479 e. The number of esters is 3. The summed E-state index contributed by atoms with van der Waals surface area (Å²) in [4.78, 5) is 51.2. The molecule has 0 aliphatic carbocycles. The van der Waals surface area contributed by atoms with E-state index in [2.05, 4.69) is 179 Å². The van der Waals surface area contributed by atoms with E-state index >= 15 is 0 Å². The largest absolute Gasteiger partial charge is 0.479 e. The molecule has 0 saturated carbocycles. The van der Waals surface area contributed by atoms with E-state index in [4.69, 9.17) is 23.7 Å². The molecule has 1 saturated heterocycles. The summed E-state index contributed by atoms with van der Waals surface area (Å²) in [6.45, 7) is 5.48. The van der Waals surface area contributed by atoms with Gasteiger partial charge in [0.2, 0.25) is 0 Å². The number of carboxylic acids is 1. The summed E-state index contributed by atoms with van der Waals surface area (Å²) < 4.78 is 28.2. The van der Waals surface area contributed by atoms with Crippen LogP contribution in [0.5, 0.6) is 0 Å². The Kier molecular flexibility index (Phi) is 50.4. The second-order valence-corrected chi connectivity index (χ2v) is 19.5. The molecule has 1 heterocycles. The first-order chi connectivity index (χ1) is 40.6. The van der Waals surface area contributed by atoms with E-state index in [1.165, 1.54) is 0 Å². The third-order valence-electron chi connectivity index (χ3n) is 12.2. The molecule has 0 aromatic rings. The molecule has 6 unspecified atom stereocenters. The Balaban J connectivity index is 2.83. The summed E-state index contributed by atoms with van der Waals surface area (Å²) in [6.07, 6.45) is 74.2. The van der Waals surface area contributed by atoms with Crippen LogP contribution in [0, 0.1) is 0 Å². The van der Waals surface area contributed by atoms with Gasteiger partial charge in [-0.15, -0.1) is 0 Å². The van der Waals surface area contributed by atoms with E-state index in [1.807, 2.05) is 36.5 Å². The summed E-state index contributed by atoms with van der Waals surface area (Å²) in [7, 11) is 0. The van der Waals surface area contributed by atoms with E-state index in [-0.39, 0.29) is 19.3 Å². The van der Waals surface area contributed by atoms with Crippen LogP contribution in [0.2, 0.25) is 0 Å². The highest BCUT2D eigenvalue weighted by molar-refractivity contribution is 5.74. The van der Waals surface area contributed by atoms with Crippen LogP contribution in [-0.2, 0) is 42.9 Å². The van der Waals surface area contributed by atoms with Gasteiger partial charge in [0.05, 0.1) is 6.61 Å². The molecule has 1 aliphatic rings. The van der Waals surface area contributed by atoms with Crippen LogP contribution in [-0.4, -0.2) is 89.2 Å². The third kappa shape index (κ3) is 45.7. The number of carboxylic acid groups (broad SMARTS) is 1. The number of aliphatic hydroxyl groups is 2. The van der Waals surface area contributed by atoms with Crippen molar-refractivity contribution in [3.63, 3.8) is 0 Å². The molecule has 6 atom stereocenters. The normalized spacial score (nSPS) is 19.0. The summed E-state index contributed by atoms with van der Waals surface area (Å²) in [5, 5.41) is 31.5. The van der Waals surface area contributed by atoms with Crippen molar-refractivity contribution >= 4 is 23.9 Å². The molecule has 83 heavy (non-hydrogen) atoms. The van der Waals surface area contributed by atoms with Crippen LogP contribution in [0.25, 0.3) is 0 Å². The predicted molar refractivity (Wildman–Crippen MR) is 339 cm³/mol. The van der Waals surface area contributed by atoms with Crippen molar-refractivity contribution in [2.75, 3.05) is 13.2 Å². The smallest absolute Gasteiger partial charge is 0.335 e. The van der Waals surface area contributed by atoms with Crippen molar-refractivity contribution in [3.05, 3.63) is 194 Å². The Hall–Kier alpha value is -6.44. The second kappa shape index (κ2) is 56.1. The summed E-state index contributed by atoms with van der Waals surface area (Å²) >= 11 is 0. The highest BCUT2D eigenvalue weighted by Gasteiger charge is 2.50. The van der Waals surface area contributed by atoms with Gasteiger partial charge in [0, 0.05) is 19.3 Å². The lowest BCUT2D eigenvalue weighted by Gasteiger charge is -2.40. The van der Waals surface area contributed by atoms with E-state index in [9.17, 15) is 34.5 Å².